The largest absolute Gasteiger partial charge is 0.433 e. The summed E-state index contributed by atoms with van der Waals surface area (Å²) in [6.45, 7) is 0.0965. The van der Waals surface area contributed by atoms with Crippen LogP contribution in [0.15, 0.2) is 34.3 Å². The van der Waals surface area contributed by atoms with Crippen LogP contribution in [0.25, 0.3) is 0 Å². The number of halogens is 3. The highest BCUT2D eigenvalue weighted by Gasteiger charge is 2.27. The molecule has 2 unspecified atom stereocenters. The summed E-state index contributed by atoms with van der Waals surface area (Å²) >= 11 is 6.35. The van der Waals surface area contributed by atoms with Crippen molar-refractivity contribution in [2.45, 2.75) is 43.4 Å². The van der Waals surface area contributed by atoms with Gasteiger partial charge in [-0.05, 0) is 43.7 Å². The Balaban J connectivity index is 1.33. The second-order valence-corrected chi connectivity index (χ2v) is 10.0. The number of hydrogen-bond donors (Lipinski definition) is 1. The quantitative estimate of drug-likeness (QED) is 0.574. The Kier molecular flexibility index (Phi) is 8.46. The third kappa shape index (κ3) is 6.09. The van der Waals surface area contributed by atoms with Crippen molar-refractivity contribution in [3.63, 3.8) is 0 Å². The SMILES string of the molecule is O=c1c(Cl)c(NCC2CCCOC2)cnn1C1CCN(S(=O)c2ccc(OC(F)F)cn2)CC1. The molecule has 0 bridgehead atoms. The predicted molar refractivity (Wildman–Crippen MR) is 123 cm³/mol. The Morgan fingerprint density at radius 2 is 2.06 bits per heavy atom. The maximum atomic E-state index is 12.8. The molecule has 0 radical (unpaired) electrons. The van der Waals surface area contributed by atoms with E-state index in [-0.39, 0.29) is 27.4 Å². The normalized spacial score (nSPS) is 20.9. The number of nitrogens with one attached hydrogen (secondary N) is 1. The van der Waals surface area contributed by atoms with Crippen LogP contribution in [0, 0.1) is 5.92 Å². The van der Waals surface area contributed by atoms with Gasteiger partial charge < -0.3 is 14.8 Å². The predicted octanol–water partition coefficient (Wildman–Crippen LogP) is 3.09. The van der Waals surface area contributed by atoms with Gasteiger partial charge >= 0.3 is 6.61 Å². The summed E-state index contributed by atoms with van der Waals surface area (Å²) in [5.41, 5.74) is 0.153. The highest BCUT2D eigenvalue weighted by atomic mass is 35.5. The Labute approximate surface area is 203 Å². The van der Waals surface area contributed by atoms with E-state index in [9.17, 15) is 17.8 Å². The lowest BCUT2D eigenvalue weighted by atomic mass is 10.0. The first-order valence-electron chi connectivity index (χ1n) is 11.1. The molecule has 2 aromatic rings. The molecule has 0 spiro atoms. The number of ether oxygens (including phenoxy) is 2. The minimum atomic E-state index is -2.95. The molecule has 4 rings (SSSR count). The Bertz CT molecular complexity index is 1040. The van der Waals surface area contributed by atoms with E-state index in [4.69, 9.17) is 16.3 Å². The minimum absolute atomic E-state index is 0.0956. The summed E-state index contributed by atoms with van der Waals surface area (Å²) in [5.74, 6) is 0.279. The highest BCUT2D eigenvalue weighted by Crippen LogP contribution is 2.26. The van der Waals surface area contributed by atoms with Crippen molar-refractivity contribution < 1.29 is 22.5 Å². The van der Waals surface area contributed by atoms with Gasteiger partial charge in [0.15, 0.2) is 0 Å². The number of pyridine rings is 1. The van der Waals surface area contributed by atoms with Gasteiger partial charge in [-0.25, -0.2) is 18.2 Å². The molecule has 13 heteroatoms. The molecule has 34 heavy (non-hydrogen) atoms. The third-order valence-electron chi connectivity index (χ3n) is 5.90. The molecule has 0 aliphatic carbocycles. The Morgan fingerprint density at radius 3 is 2.71 bits per heavy atom. The van der Waals surface area contributed by atoms with Gasteiger partial charge in [0, 0.05) is 26.2 Å². The van der Waals surface area contributed by atoms with Gasteiger partial charge in [0.1, 0.15) is 26.8 Å². The van der Waals surface area contributed by atoms with E-state index in [1.165, 1.54) is 16.8 Å². The highest BCUT2D eigenvalue weighted by molar-refractivity contribution is 7.82. The molecule has 186 valence electrons. The fourth-order valence-corrected chi connectivity index (χ4v) is 5.41. The van der Waals surface area contributed by atoms with E-state index in [1.54, 1.807) is 10.5 Å². The number of nitrogens with zero attached hydrogens (tertiary/aromatic N) is 4. The second kappa shape index (κ2) is 11.5. The summed E-state index contributed by atoms with van der Waals surface area (Å²) in [5, 5.41) is 7.90. The van der Waals surface area contributed by atoms with E-state index in [1.807, 2.05) is 0 Å². The topological polar surface area (TPSA) is 98.6 Å². The number of rotatable bonds is 8. The molecule has 2 aliphatic rings. The molecule has 9 nitrogen and oxygen atoms in total. The van der Waals surface area contributed by atoms with Crippen LogP contribution in [0.1, 0.15) is 31.7 Å². The zero-order valence-corrected chi connectivity index (χ0v) is 19.9. The summed E-state index contributed by atoms with van der Waals surface area (Å²) in [6.07, 6.45) is 5.89. The van der Waals surface area contributed by atoms with Crippen molar-refractivity contribution >= 4 is 28.3 Å². The molecule has 1 N–H and O–H groups in total. The molecule has 4 heterocycles. The van der Waals surface area contributed by atoms with Crippen LogP contribution in [0.5, 0.6) is 5.75 Å². The number of aromatic nitrogens is 3. The van der Waals surface area contributed by atoms with E-state index < -0.39 is 17.6 Å². The molecule has 2 atom stereocenters. The standard InChI is InChI=1S/C21H26ClF2N5O4S/c22-19-17(25-10-14-2-1-9-32-13-14)12-27-29(20(19)30)15-5-7-28(8-6-15)34(31)18-4-3-16(11-26-18)33-21(23)24/h3-4,11-12,14-15,21,25H,1-2,5-10,13H2. The smallest absolute Gasteiger partial charge is 0.387 e. The number of alkyl halides is 2. The molecule has 2 aliphatic heterocycles. The van der Waals surface area contributed by atoms with Gasteiger partial charge in [-0.2, -0.15) is 13.9 Å². The van der Waals surface area contributed by atoms with Crippen molar-refractivity contribution in [2.75, 3.05) is 38.2 Å². The first-order chi connectivity index (χ1) is 16.4. The van der Waals surface area contributed by atoms with Crippen LogP contribution in [0.2, 0.25) is 5.02 Å². The first-order valence-corrected chi connectivity index (χ1v) is 12.6. The molecule has 2 saturated heterocycles. The van der Waals surface area contributed by atoms with Crippen LogP contribution < -0.4 is 15.6 Å². The number of hydrogen-bond acceptors (Lipinski definition) is 7. The second-order valence-electron chi connectivity index (χ2n) is 8.21. The average molecular weight is 518 g/mol. The van der Waals surface area contributed by atoms with Crippen molar-refractivity contribution in [1.82, 2.24) is 19.1 Å². The van der Waals surface area contributed by atoms with Gasteiger partial charge in [0.05, 0.1) is 30.7 Å². The lowest BCUT2D eigenvalue weighted by Gasteiger charge is -2.31. The fraction of sp³-hybridized carbons (Fsp3) is 0.571. The van der Waals surface area contributed by atoms with E-state index in [2.05, 4.69) is 20.1 Å². The van der Waals surface area contributed by atoms with Gasteiger partial charge in [0.2, 0.25) is 0 Å². The van der Waals surface area contributed by atoms with Gasteiger partial charge in [-0.1, -0.05) is 11.6 Å². The van der Waals surface area contributed by atoms with Crippen molar-refractivity contribution in [2.24, 2.45) is 5.92 Å². The summed E-state index contributed by atoms with van der Waals surface area (Å²) in [4.78, 5) is 16.8. The number of piperidine rings is 1. The van der Waals surface area contributed by atoms with Crippen molar-refractivity contribution in [3.8, 4) is 5.75 Å². The monoisotopic (exact) mass is 517 g/mol. The molecule has 0 saturated carbocycles. The molecule has 0 amide bonds. The zero-order chi connectivity index (χ0) is 24.1. The third-order valence-corrected chi connectivity index (χ3v) is 7.70. The van der Waals surface area contributed by atoms with Crippen molar-refractivity contribution in [1.29, 1.82) is 0 Å². The Hall–Kier alpha value is -2.15. The minimum Gasteiger partial charge on any atom is -0.433 e. The summed E-state index contributed by atoms with van der Waals surface area (Å²) in [6, 6.07) is 2.53. The van der Waals surface area contributed by atoms with E-state index in [0.29, 0.717) is 50.7 Å². The fourth-order valence-electron chi connectivity index (χ4n) is 4.08. The maximum absolute atomic E-state index is 12.8. The van der Waals surface area contributed by atoms with Crippen LogP contribution in [0.3, 0.4) is 0 Å². The molecule has 0 aromatic carbocycles. The molecular formula is C21H26ClF2N5O4S. The van der Waals surface area contributed by atoms with Crippen LogP contribution in [0.4, 0.5) is 14.5 Å². The average Bonchev–Trinajstić information content (AvgIpc) is 2.85. The van der Waals surface area contributed by atoms with Crippen LogP contribution >= 0.6 is 11.6 Å². The van der Waals surface area contributed by atoms with Gasteiger partial charge in [-0.15, -0.1) is 0 Å². The first kappa shape index (κ1) is 25.0. The summed E-state index contributed by atoms with van der Waals surface area (Å²) in [7, 11) is -1.56. The summed E-state index contributed by atoms with van der Waals surface area (Å²) < 4.78 is 50.2. The lowest BCUT2D eigenvalue weighted by molar-refractivity contribution is -0.0501. The Morgan fingerprint density at radius 1 is 1.26 bits per heavy atom. The van der Waals surface area contributed by atoms with Gasteiger partial charge in [0.25, 0.3) is 5.56 Å². The van der Waals surface area contributed by atoms with Crippen LogP contribution in [-0.2, 0) is 15.7 Å². The molecule has 2 fully saturated rings. The van der Waals surface area contributed by atoms with E-state index in [0.717, 1.165) is 25.6 Å². The maximum Gasteiger partial charge on any atom is 0.387 e. The molecule has 2 aromatic heterocycles. The van der Waals surface area contributed by atoms with Gasteiger partial charge in [-0.3, -0.25) is 4.79 Å². The number of anilines is 1. The lowest BCUT2D eigenvalue weighted by Crippen LogP contribution is -2.39. The van der Waals surface area contributed by atoms with Crippen LogP contribution in [-0.4, -0.2) is 62.7 Å². The van der Waals surface area contributed by atoms with E-state index >= 15 is 0 Å². The molecular weight excluding hydrogens is 492 g/mol. The zero-order valence-electron chi connectivity index (χ0n) is 18.4. The van der Waals surface area contributed by atoms with Crippen molar-refractivity contribution in [3.05, 3.63) is 39.9 Å².